The molecule has 7 nitrogen and oxygen atoms in total. The summed E-state index contributed by atoms with van der Waals surface area (Å²) in [7, 11) is 3.40. The van der Waals surface area contributed by atoms with E-state index in [2.05, 4.69) is 10.4 Å². The molecular weight excluding hydrogens is 308 g/mol. The van der Waals surface area contributed by atoms with E-state index in [1.165, 1.54) is 4.68 Å². The Balaban J connectivity index is 1.63. The van der Waals surface area contributed by atoms with E-state index < -0.39 is 5.60 Å². The molecule has 0 saturated heterocycles. The van der Waals surface area contributed by atoms with E-state index in [9.17, 15) is 14.7 Å². The van der Waals surface area contributed by atoms with E-state index in [1.54, 1.807) is 18.7 Å². The maximum atomic E-state index is 12.3. The van der Waals surface area contributed by atoms with Gasteiger partial charge in [-0.1, -0.05) is 12.8 Å². The van der Waals surface area contributed by atoms with Crippen LogP contribution in [0.2, 0.25) is 0 Å². The molecule has 24 heavy (non-hydrogen) atoms. The number of aromatic nitrogens is 3. The molecule has 0 spiro atoms. The fourth-order valence-corrected chi connectivity index (χ4v) is 3.98. The third-order valence-electron chi connectivity index (χ3n) is 5.69. The third kappa shape index (κ3) is 3.55. The van der Waals surface area contributed by atoms with Crippen molar-refractivity contribution in [1.82, 2.24) is 19.7 Å². The summed E-state index contributed by atoms with van der Waals surface area (Å²) in [6, 6.07) is 0.104. The first-order valence-corrected chi connectivity index (χ1v) is 8.99. The Morgan fingerprint density at radius 2 is 2.00 bits per heavy atom. The van der Waals surface area contributed by atoms with Gasteiger partial charge in [0.15, 0.2) is 0 Å². The number of hydrogen-bond acceptors (Lipinski definition) is 4. The van der Waals surface area contributed by atoms with E-state index in [1.807, 2.05) is 0 Å². The minimum Gasteiger partial charge on any atom is -0.389 e. The molecule has 0 aliphatic heterocycles. The van der Waals surface area contributed by atoms with E-state index in [0.717, 1.165) is 50.8 Å². The van der Waals surface area contributed by atoms with Gasteiger partial charge in [0.1, 0.15) is 5.82 Å². The minimum absolute atomic E-state index is 0.0518. The lowest BCUT2D eigenvalue weighted by molar-refractivity contribution is -0.131. The monoisotopic (exact) mass is 336 g/mol. The average Bonchev–Trinajstić information content (AvgIpc) is 2.75. The summed E-state index contributed by atoms with van der Waals surface area (Å²) >= 11 is 0. The van der Waals surface area contributed by atoms with Crippen molar-refractivity contribution in [1.29, 1.82) is 0 Å². The van der Waals surface area contributed by atoms with Gasteiger partial charge in [0.25, 0.3) is 0 Å². The van der Waals surface area contributed by atoms with Crippen LogP contribution in [0.5, 0.6) is 0 Å². The van der Waals surface area contributed by atoms with E-state index in [-0.39, 0.29) is 24.1 Å². The maximum Gasteiger partial charge on any atom is 0.345 e. The molecule has 2 atom stereocenters. The maximum absolute atomic E-state index is 12.3. The molecule has 0 unspecified atom stereocenters. The van der Waals surface area contributed by atoms with Gasteiger partial charge in [0.05, 0.1) is 12.0 Å². The first-order valence-electron chi connectivity index (χ1n) is 8.99. The number of hydrogen-bond donors (Lipinski definition) is 2. The Hall–Kier alpha value is -1.63. The SMILES string of the molecule is Cn1nc(C[C@H]2CCCC[C@H]2NC(=O)CC2(O)CCC2)n(C)c1=O. The van der Waals surface area contributed by atoms with Crippen LogP contribution in [0, 0.1) is 5.92 Å². The van der Waals surface area contributed by atoms with Gasteiger partial charge in [-0.05, 0) is 38.0 Å². The Bertz CT molecular complexity index is 659. The number of nitrogens with zero attached hydrogens (tertiary/aromatic N) is 3. The summed E-state index contributed by atoms with van der Waals surface area (Å²) in [5.41, 5.74) is -0.896. The summed E-state index contributed by atoms with van der Waals surface area (Å²) < 4.78 is 2.95. The van der Waals surface area contributed by atoms with E-state index in [4.69, 9.17) is 0 Å². The van der Waals surface area contributed by atoms with Crippen molar-refractivity contribution in [2.75, 3.05) is 0 Å². The van der Waals surface area contributed by atoms with Crippen LogP contribution < -0.4 is 11.0 Å². The van der Waals surface area contributed by atoms with Gasteiger partial charge in [0, 0.05) is 26.6 Å². The van der Waals surface area contributed by atoms with Crippen molar-refractivity contribution in [2.45, 2.75) is 69.4 Å². The molecule has 2 N–H and O–H groups in total. The van der Waals surface area contributed by atoms with Crippen molar-refractivity contribution in [3.05, 3.63) is 16.3 Å². The first kappa shape index (κ1) is 17.2. The molecule has 1 heterocycles. The van der Waals surface area contributed by atoms with Crippen molar-refractivity contribution in [2.24, 2.45) is 20.0 Å². The molecule has 2 aliphatic rings. The van der Waals surface area contributed by atoms with Crippen molar-refractivity contribution < 1.29 is 9.90 Å². The Labute approximate surface area is 142 Å². The molecule has 0 aromatic carbocycles. The predicted molar refractivity (Wildman–Crippen MR) is 89.5 cm³/mol. The molecule has 3 rings (SSSR count). The topological polar surface area (TPSA) is 89.2 Å². The van der Waals surface area contributed by atoms with Gasteiger partial charge >= 0.3 is 5.69 Å². The molecule has 0 radical (unpaired) electrons. The molecule has 134 valence electrons. The largest absolute Gasteiger partial charge is 0.389 e. The molecule has 1 amide bonds. The summed E-state index contributed by atoms with van der Waals surface area (Å²) in [6.45, 7) is 0. The predicted octanol–water partition coefficient (Wildman–Crippen LogP) is 0.641. The van der Waals surface area contributed by atoms with Crippen molar-refractivity contribution in [3.8, 4) is 0 Å². The standard InChI is InChI=1S/C17H28N4O3/c1-20-14(19-21(2)16(20)23)10-12-6-3-4-7-13(12)18-15(22)11-17(24)8-5-9-17/h12-13,24H,3-11H2,1-2H3,(H,18,22)/t12-,13-/m1/s1. The highest BCUT2D eigenvalue weighted by molar-refractivity contribution is 5.77. The van der Waals surface area contributed by atoms with Crippen LogP contribution in [0.1, 0.15) is 57.2 Å². The minimum atomic E-state index is -0.779. The fourth-order valence-electron chi connectivity index (χ4n) is 3.98. The van der Waals surface area contributed by atoms with Crippen LogP contribution in [0.15, 0.2) is 4.79 Å². The van der Waals surface area contributed by atoms with Crippen LogP contribution in [-0.2, 0) is 25.3 Å². The lowest BCUT2D eigenvalue weighted by Gasteiger charge is -2.37. The average molecular weight is 336 g/mol. The van der Waals surface area contributed by atoms with Crippen LogP contribution in [0.25, 0.3) is 0 Å². The normalized spacial score (nSPS) is 26.0. The smallest absolute Gasteiger partial charge is 0.345 e. The molecule has 2 fully saturated rings. The molecule has 0 bridgehead atoms. The second kappa shape index (κ2) is 6.70. The summed E-state index contributed by atoms with van der Waals surface area (Å²) in [6.07, 6.45) is 7.59. The Morgan fingerprint density at radius 3 is 2.58 bits per heavy atom. The van der Waals surface area contributed by atoms with E-state index >= 15 is 0 Å². The number of carbonyl (C=O) groups is 1. The Kier molecular flexibility index (Phi) is 4.80. The van der Waals surface area contributed by atoms with Crippen molar-refractivity contribution >= 4 is 5.91 Å². The molecular formula is C17H28N4O3. The highest BCUT2D eigenvalue weighted by Gasteiger charge is 2.37. The zero-order valence-electron chi connectivity index (χ0n) is 14.6. The zero-order chi connectivity index (χ0) is 17.3. The second-order valence-electron chi connectivity index (χ2n) is 7.56. The fraction of sp³-hybridized carbons (Fsp3) is 0.824. The van der Waals surface area contributed by atoms with Gasteiger partial charge in [-0.15, -0.1) is 0 Å². The lowest BCUT2D eigenvalue weighted by Crippen LogP contribution is -2.47. The second-order valence-corrected chi connectivity index (χ2v) is 7.56. The quantitative estimate of drug-likeness (QED) is 0.826. The molecule has 1 aromatic heterocycles. The molecule has 2 saturated carbocycles. The third-order valence-corrected chi connectivity index (χ3v) is 5.69. The zero-order valence-corrected chi connectivity index (χ0v) is 14.6. The van der Waals surface area contributed by atoms with Gasteiger partial charge in [0.2, 0.25) is 5.91 Å². The number of nitrogens with one attached hydrogen (secondary N) is 1. The summed E-state index contributed by atoms with van der Waals surface area (Å²) in [5, 5.41) is 17.6. The number of aliphatic hydroxyl groups is 1. The van der Waals surface area contributed by atoms with Crippen molar-refractivity contribution in [3.63, 3.8) is 0 Å². The highest BCUT2D eigenvalue weighted by Crippen LogP contribution is 2.35. The first-order chi connectivity index (χ1) is 11.4. The number of aryl methyl sites for hydroxylation is 1. The van der Waals surface area contributed by atoms with Gasteiger partial charge in [-0.25, -0.2) is 9.48 Å². The number of rotatable bonds is 5. The van der Waals surface area contributed by atoms with Gasteiger partial charge in [-0.3, -0.25) is 9.36 Å². The summed E-state index contributed by atoms with van der Waals surface area (Å²) in [5.74, 6) is 1.01. The molecule has 2 aliphatic carbocycles. The van der Waals surface area contributed by atoms with Crippen LogP contribution in [-0.4, -0.2) is 37.0 Å². The highest BCUT2D eigenvalue weighted by atomic mass is 16.3. The van der Waals surface area contributed by atoms with Crippen LogP contribution >= 0.6 is 0 Å². The number of carbonyl (C=O) groups excluding carboxylic acids is 1. The molecule has 1 aromatic rings. The van der Waals surface area contributed by atoms with Crippen LogP contribution in [0.4, 0.5) is 0 Å². The van der Waals surface area contributed by atoms with Gasteiger partial charge in [-0.2, -0.15) is 5.10 Å². The summed E-state index contributed by atoms with van der Waals surface area (Å²) in [4.78, 5) is 24.1. The molecule has 7 heteroatoms. The van der Waals surface area contributed by atoms with Crippen LogP contribution in [0.3, 0.4) is 0 Å². The Morgan fingerprint density at radius 1 is 1.29 bits per heavy atom. The van der Waals surface area contributed by atoms with Gasteiger partial charge < -0.3 is 10.4 Å². The lowest BCUT2D eigenvalue weighted by atomic mass is 9.77. The van der Waals surface area contributed by atoms with E-state index in [0.29, 0.717) is 12.3 Å². The number of amides is 1.